The van der Waals surface area contributed by atoms with Gasteiger partial charge < -0.3 is 14.8 Å². The first-order valence-electron chi connectivity index (χ1n) is 10.1. The molecule has 2 unspecified atom stereocenters. The monoisotopic (exact) mass is 416 g/mol. The predicted octanol–water partition coefficient (Wildman–Crippen LogP) is 1.55. The number of nitrogens with one attached hydrogen (secondary N) is 1. The Kier molecular flexibility index (Phi) is 4.78. The minimum Gasteiger partial charge on any atom is -0.336 e. The predicted molar refractivity (Wildman–Crippen MR) is 112 cm³/mol. The number of likely N-dealkylation sites (tertiary alicyclic amines) is 1. The highest BCUT2D eigenvalue weighted by molar-refractivity contribution is 6.02. The molecule has 2 bridgehead atoms. The molecule has 9 nitrogen and oxygen atoms in total. The van der Waals surface area contributed by atoms with Crippen LogP contribution >= 0.6 is 0 Å². The highest BCUT2D eigenvalue weighted by atomic mass is 16.2. The maximum atomic E-state index is 13.1. The Hall–Kier alpha value is -3.88. The highest BCUT2D eigenvalue weighted by Gasteiger charge is 2.37. The van der Waals surface area contributed by atoms with E-state index >= 15 is 0 Å². The van der Waals surface area contributed by atoms with E-state index < -0.39 is 5.91 Å². The molecule has 0 spiro atoms. The third-order valence-corrected chi connectivity index (χ3v) is 5.82. The van der Waals surface area contributed by atoms with Crippen molar-refractivity contribution < 1.29 is 9.59 Å². The van der Waals surface area contributed by atoms with E-state index in [1.54, 1.807) is 35.0 Å². The zero-order chi connectivity index (χ0) is 21.4. The normalized spacial score (nSPS) is 19.4. The number of anilines is 1. The topological polar surface area (TPSA) is 110 Å². The summed E-state index contributed by atoms with van der Waals surface area (Å²) in [6.07, 6.45) is 6.79. The second-order valence-electron chi connectivity index (χ2n) is 7.86. The van der Waals surface area contributed by atoms with Gasteiger partial charge in [-0.25, -0.2) is 4.98 Å². The van der Waals surface area contributed by atoms with Crippen LogP contribution in [0, 0.1) is 5.92 Å². The molecule has 1 N–H and O–H groups in total. The van der Waals surface area contributed by atoms with Gasteiger partial charge in [-0.2, -0.15) is 0 Å². The summed E-state index contributed by atoms with van der Waals surface area (Å²) in [5.74, 6) is -0.326. The molecule has 1 fully saturated rings. The van der Waals surface area contributed by atoms with Crippen molar-refractivity contribution in [2.75, 3.05) is 18.4 Å². The van der Waals surface area contributed by atoms with Gasteiger partial charge in [-0.1, -0.05) is 6.07 Å². The molecule has 9 heteroatoms. The van der Waals surface area contributed by atoms with Gasteiger partial charge in [-0.05, 0) is 36.6 Å². The Labute approximate surface area is 177 Å². The van der Waals surface area contributed by atoms with E-state index in [-0.39, 0.29) is 34.7 Å². The Morgan fingerprint density at radius 2 is 1.84 bits per heavy atom. The Bertz CT molecular complexity index is 1190. The van der Waals surface area contributed by atoms with Crippen LogP contribution in [0.2, 0.25) is 0 Å². The van der Waals surface area contributed by atoms with Crippen LogP contribution in [0.1, 0.15) is 39.0 Å². The van der Waals surface area contributed by atoms with E-state index in [0.717, 1.165) is 12.1 Å². The van der Waals surface area contributed by atoms with Crippen LogP contribution in [-0.2, 0) is 6.54 Å². The minimum absolute atomic E-state index is 0.0672. The summed E-state index contributed by atoms with van der Waals surface area (Å²) in [4.78, 5) is 52.1. The van der Waals surface area contributed by atoms with Gasteiger partial charge in [0.25, 0.3) is 17.4 Å². The SMILES string of the molecule is O=C(Nc1ccc2n(c1=O)CC1CC2CN(C(=O)c2ccccn2)C1)c1cnccn1. The van der Waals surface area contributed by atoms with E-state index in [1.165, 1.54) is 18.6 Å². The molecule has 0 aromatic carbocycles. The van der Waals surface area contributed by atoms with Gasteiger partial charge in [0.2, 0.25) is 0 Å². The molecule has 31 heavy (non-hydrogen) atoms. The molecule has 0 saturated carbocycles. The summed E-state index contributed by atoms with van der Waals surface area (Å²) in [6.45, 7) is 1.62. The zero-order valence-corrected chi connectivity index (χ0v) is 16.6. The summed E-state index contributed by atoms with van der Waals surface area (Å²) in [5.41, 5.74) is 1.43. The number of rotatable bonds is 3. The van der Waals surface area contributed by atoms with Gasteiger partial charge in [0.05, 0.1) is 6.20 Å². The van der Waals surface area contributed by atoms with Gasteiger partial charge in [-0.15, -0.1) is 0 Å². The van der Waals surface area contributed by atoms with Crippen molar-refractivity contribution >= 4 is 17.5 Å². The maximum Gasteiger partial charge on any atom is 0.276 e. The van der Waals surface area contributed by atoms with Crippen molar-refractivity contribution in [3.8, 4) is 0 Å². The molecule has 5 heterocycles. The Morgan fingerprint density at radius 1 is 0.968 bits per heavy atom. The Morgan fingerprint density at radius 3 is 2.61 bits per heavy atom. The molecule has 1 saturated heterocycles. The molecule has 156 valence electrons. The van der Waals surface area contributed by atoms with Crippen LogP contribution in [0.3, 0.4) is 0 Å². The van der Waals surface area contributed by atoms with Gasteiger partial charge >= 0.3 is 0 Å². The third-order valence-electron chi connectivity index (χ3n) is 5.82. The molecular weight excluding hydrogens is 396 g/mol. The lowest BCUT2D eigenvalue weighted by Crippen LogP contribution is -2.49. The fourth-order valence-corrected chi connectivity index (χ4v) is 4.46. The summed E-state index contributed by atoms with van der Waals surface area (Å²) in [7, 11) is 0. The Balaban J connectivity index is 1.39. The quantitative estimate of drug-likeness (QED) is 0.694. The molecular formula is C22H20N6O3. The van der Waals surface area contributed by atoms with E-state index in [9.17, 15) is 14.4 Å². The number of piperidine rings is 1. The van der Waals surface area contributed by atoms with Crippen LogP contribution in [0.25, 0.3) is 0 Å². The molecule has 2 aliphatic rings. The van der Waals surface area contributed by atoms with Crippen molar-refractivity contribution in [1.82, 2.24) is 24.4 Å². The smallest absolute Gasteiger partial charge is 0.276 e. The van der Waals surface area contributed by atoms with E-state index in [1.807, 2.05) is 11.0 Å². The van der Waals surface area contributed by atoms with Crippen molar-refractivity contribution in [1.29, 1.82) is 0 Å². The number of amides is 2. The van der Waals surface area contributed by atoms with Crippen LogP contribution < -0.4 is 10.9 Å². The van der Waals surface area contributed by atoms with Gasteiger partial charge in [0, 0.05) is 49.8 Å². The zero-order valence-electron chi connectivity index (χ0n) is 16.6. The number of hydrogen-bond donors (Lipinski definition) is 1. The summed E-state index contributed by atoms with van der Waals surface area (Å²) >= 11 is 0. The summed E-state index contributed by atoms with van der Waals surface area (Å²) in [5, 5.41) is 2.64. The third kappa shape index (κ3) is 3.58. The molecule has 3 aromatic rings. The van der Waals surface area contributed by atoms with E-state index in [4.69, 9.17) is 0 Å². The molecule has 3 aromatic heterocycles. The van der Waals surface area contributed by atoms with Gasteiger partial charge in [-0.3, -0.25) is 24.4 Å². The van der Waals surface area contributed by atoms with Crippen LogP contribution in [0.5, 0.6) is 0 Å². The first-order chi connectivity index (χ1) is 15.1. The molecule has 2 aliphatic heterocycles. The minimum atomic E-state index is -0.478. The second kappa shape index (κ2) is 7.75. The number of carbonyl (C=O) groups excluding carboxylic acids is 2. The lowest BCUT2D eigenvalue weighted by atomic mass is 9.83. The van der Waals surface area contributed by atoms with Crippen molar-refractivity contribution in [3.63, 3.8) is 0 Å². The lowest BCUT2D eigenvalue weighted by Gasteiger charge is -2.42. The molecule has 5 rings (SSSR count). The van der Waals surface area contributed by atoms with Crippen LogP contribution in [0.4, 0.5) is 5.69 Å². The number of pyridine rings is 2. The standard InChI is InChI=1S/C22H20N6O3/c29-20(18-10-23-7-8-25-18)26-17-4-5-19-15-9-14(12-28(19)22(17)31)11-27(13-15)21(30)16-3-1-2-6-24-16/h1-8,10,14-15H,9,11-13H2,(H,26,29). The number of fused-ring (bicyclic) bond motifs is 4. The van der Waals surface area contributed by atoms with E-state index in [0.29, 0.717) is 25.3 Å². The number of nitrogens with zero attached hydrogens (tertiary/aromatic N) is 5. The number of carbonyl (C=O) groups is 2. The van der Waals surface area contributed by atoms with Crippen molar-refractivity contribution in [2.45, 2.75) is 18.9 Å². The molecule has 0 radical (unpaired) electrons. The van der Waals surface area contributed by atoms with Crippen LogP contribution in [0.15, 0.2) is 59.9 Å². The van der Waals surface area contributed by atoms with Crippen LogP contribution in [-0.4, -0.2) is 49.3 Å². The fraction of sp³-hybridized carbons (Fsp3) is 0.273. The van der Waals surface area contributed by atoms with E-state index in [2.05, 4.69) is 20.3 Å². The van der Waals surface area contributed by atoms with Crippen molar-refractivity contribution in [3.05, 3.63) is 82.6 Å². The fourth-order valence-electron chi connectivity index (χ4n) is 4.46. The summed E-state index contributed by atoms with van der Waals surface area (Å²) < 4.78 is 1.73. The average Bonchev–Trinajstić information content (AvgIpc) is 2.81. The number of aromatic nitrogens is 4. The number of hydrogen-bond acceptors (Lipinski definition) is 6. The second-order valence-corrected chi connectivity index (χ2v) is 7.86. The molecule has 2 atom stereocenters. The largest absolute Gasteiger partial charge is 0.336 e. The molecule has 0 aliphatic carbocycles. The van der Waals surface area contributed by atoms with Gasteiger partial charge in [0.15, 0.2) is 0 Å². The van der Waals surface area contributed by atoms with Crippen molar-refractivity contribution in [2.24, 2.45) is 5.92 Å². The maximum absolute atomic E-state index is 13.1. The molecule has 2 amide bonds. The average molecular weight is 416 g/mol. The summed E-state index contributed by atoms with van der Waals surface area (Å²) in [6, 6.07) is 8.80. The first kappa shape index (κ1) is 19.1. The van der Waals surface area contributed by atoms with Gasteiger partial charge in [0.1, 0.15) is 17.1 Å². The highest BCUT2D eigenvalue weighted by Crippen LogP contribution is 2.35. The first-order valence-corrected chi connectivity index (χ1v) is 10.1. The lowest BCUT2D eigenvalue weighted by molar-refractivity contribution is 0.0588.